The van der Waals surface area contributed by atoms with Gasteiger partial charge >= 0.3 is 12.2 Å². The number of aliphatic hydroxyl groups is 2. The van der Waals surface area contributed by atoms with Gasteiger partial charge in [-0.3, -0.25) is 14.4 Å². The molecule has 5 atom stereocenters. The molecular weight excluding hydrogens is 676 g/mol. The Morgan fingerprint density at radius 1 is 1.06 bits per heavy atom. The monoisotopic (exact) mass is 728 g/mol. The maximum absolute atomic E-state index is 14.2. The van der Waals surface area contributed by atoms with Crippen molar-refractivity contribution in [2.45, 2.75) is 121 Å². The fourth-order valence-corrected chi connectivity index (χ4v) is 7.00. The van der Waals surface area contributed by atoms with E-state index in [4.69, 9.17) is 10.5 Å². The number of carbonyl (C=O) groups excluding carboxylic acids is 4. The first-order chi connectivity index (χ1) is 24.7. The number of ether oxygens (including phenoxy) is 1. The zero-order valence-electron chi connectivity index (χ0n) is 29.8. The predicted octanol–water partition coefficient (Wildman–Crippen LogP) is 1.68. The Balaban J connectivity index is 1.46. The number of amides is 5. The quantitative estimate of drug-likeness (QED) is 0.115. The molecule has 2 aromatic rings. The molecule has 8 N–H and O–H groups in total. The minimum absolute atomic E-state index is 0.0294. The van der Waals surface area contributed by atoms with Crippen molar-refractivity contribution in [1.82, 2.24) is 35.8 Å². The summed E-state index contributed by atoms with van der Waals surface area (Å²) in [5.74, 6) is -2.19. The van der Waals surface area contributed by atoms with Crippen LogP contribution in [0.5, 0.6) is 0 Å². The molecule has 1 aromatic heterocycles. The predicted molar refractivity (Wildman–Crippen MR) is 186 cm³/mol. The lowest BCUT2D eigenvalue weighted by Gasteiger charge is -2.32. The molecule has 2 fully saturated rings. The number of aromatic nitrogens is 3. The average Bonchev–Trinajstić information content (AvgIpc) is 3.78. The molecule has 5 amide bonds. The molecule has 17 heteroatoms. The van der Waals surface area contributed by atoms with Gasteiger partial charge in [0, 0.05) is 19.5 Å². The number of nitrogens with zero attached hydrogens (tertiary/aromatic N) is 4. The summed E-state index contributed by atoms with van der Waals surface area (Å²) in [4.78, 5) is 65.5. The minimum atomic E-state index is -1.75. The van der Waals surface area contributed by atoms with Crippen molar-refractivity contribution in [3.05, 3.63) is 47.8 Å². The summed E-state index contributed by atoms with van der Waals surface area (Å²) >= 11 is 0. The summed E-state index contributed by atoms with van der Waals surface area (Å²) in [5, 5.41) is 46.9. The molecule has 1 aromatic carbocycles. The van der Waals surface area contributed by atoms with Crippen molar-refractivity contribution >= 4 is 29.9 Å². The number of carbonyl (C=O) groups is 5. The molecule has 286 valence electrons. The Morgan fingerprint density at radius 3 is 2.42 bits per heavy atom. The molecule has 1 saturated carbocycles. The van der Waals surface area contributed by atoms with Gasteiger partial charge in [0.2, 0.25) is 17.7 Å². The second-order valence-electron chi connectivity index (χ2n) is 14.2. The molecule has 0 radical (unpaired) electrons. The van der Waals surface area contributed by atoms with Crippen molar-refractivity contribution in [3.63, 3.8) is 0 Å². The van der Waals surface area contributed by atoms with E-state index >= 15 is 0 Å². The molecule has 4 rings (SSSR count). The van der Waals surface area contributed by atoms with Crippen LogP contribution < -0.4 is 21.7 Å². The highest BCUT2D eigenvalue weighted by Crippen LogP contribution is 2.33. The summed E-state index contributed by atoms with van der Waals surface area (Å²) in [6, 6.07) is 5.19. The molecule has 2 aliphatic rings. The molecule has 52 heavy (non-hydrogen) atoms. The maximum Gasteiger partial charge on any atom is 0.407 e. The number of primary amides is 1. The van der Waals surface area contributed by atoms with Gasteiger partial charge in [-0.15, -0.1) is 5.10 Å². The summed E-state index contributed by atoms with van der Waals surface area (Å²) in [6.07, 6.45) is 3.65. The van der Waals surface area contributed by atoms with Crippen molar-refractivity contribution < 1.29 is 44.0 Å². The SMILES string of the molecule is CC(C)(O)c1cnnn1[C@H]1C[C@@H](C(=O)NC(CCCCNC(=O)OCc2ccccc2)C(O)C(N)=O)N(C(=O)C(CC2CCCCC2)NC(=O)O)C1. The van der Waals surface area contributed by atoms with Gasteiger partial charge in [0.15, 0.2) is 6.10 Å². The van der Waals surface area contributed by atoms with E-state index in [9.17, 15) is 39.3 Å². The number of hydrogen-bond donors (Lipinski definition) is 7. The number of likely N-dealkylation sites (tertiary alicyclic amines) is 1. The van der Waals surface area contributed by atoms with Crippen molar-refractivity contribution in [3.8, 4) is 0 Å². The zero-order valence-corrected chi connectivity index (χ0v) is 29.8. The number of benzene rings is 1. The van der Waals surface area contributed by atoms with Crippen LogP contribution in [0.3, 0.4) is 0 Å². The van der Waals surface area contributed by atoms with Gasteiger partial charge in [-0.2, -0.15) is 0 Å². The third-order valence-electron chi connectivity index (χ3n) is 9.73. The van der Waals surface area contributed by atoms with Crippen LogP contribution in [-0.4, -0.2) is 102 Å². The van der Waals surface area contributed by atoms with E-state index in [1.165, 1.54) is 15.8 Å². The van der Waals surface area contributed by atoms with Crippen molar-refractivity contribution in [2.75, 3.05) is 13.1 Å². The summed E-state index contributed by atoms with van der Waals surface area (Å²) in [6.45, 7) is 3.41. The van der Waals surface area contributed by atoms with Gasteiger partial charge in [-0.05, 0) is 51.0 Å². The van der Waals surface area contributed by atoms with Gasteiger partial charge in [0.05, 0.1) is 24.0 Å². The topological polar surface area (TPSA) is 251 Å². The molecular formula is C35H52N8O9. The van der Waals surface area contributed by atoms with Crippen LogP contribution in [0.1, 0.15) is 95.4 Å². The fourth-order valence-electron chi connectivity index (χ4n) is 7.00. The lowest BCUT2D eigenvalue weighted by atomic mass is 9.84. The highest BCUT2D eigenvalue weighted by atomic mass is 16.5. The van der Waals surface area contributed by atoms with Gasteiger partial charge in [-0.25, -0.2) is 14.3 Å². The number of hydrogen-bond acceptors (Lipinski definition) is 10. The largest absolute Gasteiger partial charge is 0.465 e. The first kappa shape index (κ1) is 40.0. The maximum atomic E-state index is 14.2. The number of unbranched alkanes of at least 4 members (excludes halogenated alkanes) is 1. The molecule has 0 spiro atoms. The van der Waals surface area contributed by atoms with E-state index in [-0.39, 0.29) is 44.9 Å². The van der Waals surface area contributed by atoms with Crippen LogP contribution in [0, 0.1) is 5.92 Å². The lowest BCUT2D eigenvalue weighted by molar-refractivity contribution is -0.141. The minimum Gasteiger partial charge on any atom is -0.465 e. The van der Waals surface area contributed by atoms with Crippen LogP contribution in [0.15, 0.2) is 36.5 Å². The van der Waals surface area contributed by atoms with Crippen LogP contribution in [-0.2, 0) is 31.3 Å². The second kappa shape index (κ2) is 18.6. The molecule has 17 nitrogen and oxygen atoms in total. The van der Waals surface area contributed by atoms with Gasteiger partial charge in [0.1, 0.15) is 24.3 Å². The molecule has 3 unspecified atom stereocenters. The van der Waals surface area contributed by atoms with Gasteiger partial charge in [0.25, 0.3) is 0 Å². The number of alkyl carbamates (subject to hydrolysis) is 1. The number of aliphatic hydroxyl groups excluding tert-OH is 1. The van der Waals surface area contributed by atoms with E-state index in [1.54, 1.807) is 13.8 Å². The smallest absolute Gasteiger partial charge is 0.407 e. The molecule has 1 saturated heterocycles. The van der Waals surface area contributed by atoms with E-state index in [2.05, 4.69) is 26.3 Å². The van der Waals surface area contributed by atoms with Crippen LogP contribution in [0.4, 0.5) is 9.59 Å². The number of carboxylic acid groups (broad SMARTS) is 1. The van der Waals surface area contributed by atoms with E-state index in [0.717, 1.165) is 37.7 Å². The van der Waals surface area contributed by atoms with Gasteiger partial charge in [-0.1, -0.05) is 67.6 Å². The normalized spacial score (nSPS) is 19.7. The Hall–Kier alpha value is -4.77. The van der Waals surface area contributed by atoms with E-state index in [1.807, 2.05) is 30.3 Å². The van der Waals surface area contributed by atoms with Crippen molar-refractivity contribution in [2.24, 2.45) is 11.7 Å². The van der Waals surface area contributed by atoms with Crippen molar-refractivity contribution in [1.29, 1.82) is 0 Å². The summed E-state index contributed by atoms with van der Waals surface area (Å²) < 4.78 is 6.66. The summed E-state index contributed by atoms with van der Waals surface area (Å²) in [5.41, 5.74) is 5.27. The number of rotatable bonds is 17. The Kier molecular flexibility index (Phi) is 14.3. The lowest BCUT2D eigenvalue weighted by Crippen LogP contribution is -2.57. The molecule has 1 aliphatic heterocycles. The van der Waals surface area contributed by atoms with Crippen LogP contribution >= 0.6 is 0 Å². The average molecular weight is 729 g/mol. The second-order valence-corrected chi connectivity index (χ2v) is 14.2. The van der Waals surface area contributed by atoms with Crippen LogP contribution in [0.25, 0.3) is 0 Å². The highest BCUT2D eigenvalue weighted by Gasteiger charge is 2.45. The molecule has 0 bridgehead atoms. The van der Waals surface area contributed by atoms with E-state index in [0.29, 0.717) is 18.5 Å². The fraction of sp³-hybridized carbons (Fsp3) is 0.629. The first-order valence-corrected chi connectivity index (χ1v) is 17.9. The number of nitrogens with two attached hydrogens (primary N) is 1. The Labute approximate surface area is 302 Å². The third-order valence-corrected chi connectivity index (χ3v) is 9.73. The van der Waals surface area contributed by atoms with Crippen LogP contribution in [0.2, 0.25) is 0 Å². The highest BCUT2D eigenvalue weighted by molar-refractivity contribution is 5.92. The molecule has 2 heterocycles. The Morgan fingerprint density at radius 2 is 1.77 bits per heavy atom. The first-order valence-electron chi connectivity index (χ1n) is 17.9. The molecule has 1 aliphatic carbocycles. The Bertz CT molecular complexity index is 1510. The number of nitrogens with one attached hydrogen (secondary N) is 3. The standard InChI is InChI=1S/C35H52N8O9/c1-35(2,51)28-19-38-41-43(28)24-18-27(42(20-24)32(47)26(40-33(48)49)17-22-11-5-3-6-12-22)31(46)39-25(29(44)30(36)45)15-9-10-16-37-34(50)52-21-23-13-7-4-8-14-23/h4,7-8,13-14,19,22,24-27,29,40,44,51H,3,5-6,9-12,15-18,20-21H2,1-2H3,(H2,36,45)(H,37,50)(H,39,46)(H,48,49)/t24-,25?,26?,27-,29?/m0/s1. The third kappa shape index (κ3) is 11.4. The zero-order chi connectivity index (χ0) is 37.8. The summed E-state index contributed by atoms with van der Waals surface area (Å²) in [7, 11) is 0. The van der Waals surface area contributed by atoms with Gasteiger partial charge < -0.3 is 46.6 Å². The van der Waals surface area contributed by atoms with E-state index < -0.39 is 65.8 Å².